The van der Waals surface area contributed by atoms with E-state index in [1.54, 1.807) is 61.7 Å². The Balaban J connectivity index is 1.65. The maximum atomic E-state index is 13.8. The van der Waals surface area contributed by atoms with Crippen LogP contribution in [0.4, 0.5) is 5.13 Å². The Hall–Kier alpha value is -4.57. The molecule has 1 atom stereocenters. The number of thiazole rings is 1. The summed E-state index contributed by atoms with van der Waals surface area (Å²) in [4.78, 5) is 33.5. The van der Waals surface area contributed by atoms with Crippen LogP contribution >= 0.6 is 11.3 Å². The molecule has 1 saturated heterocycles. The van der Waals surface area contributed by atoms with Gasteiger partial charge in [-0.15, -0.1) is 0 Å². The Kier molecular flexibility index (Phi) is 9.39. The first-order chi connectivity index (χ1) is 21.2. The first-order valence-electron chi connectivity index (χ1n) is 14.6. The molecule has 1 amide bonds. The quantitative estimate of drug-likeness (QED) is 0.102. The summed E-state index contributed by atoms with van der Waals surface area (Å²) >= 11 is 1.26. The van der Waals surface area contributed by atoms with Crippen LogP contribution in [0.1, 0.15) is 51.3 Å². The normalized spacial score (nSPS) is 16.1. The highest BCUT2D eigenvalue weighted by molar-refractivity contribution is 7.22. The van der Waals surface area contributed by atoms with Crippen molar-refractivity contribution in [3.63, 3.8) is 0 Å². The molecule has 3 aromatic carbocycles. The van der Waals surface area contributed by atoms with Gasteiger partial charge in [0.05, 0.1) is 48.8 Å². The average Bonchev–Trinajstić information content (AvgIpc) is 3.55. The number of hydrogen-bond acceptors (Lipinski definition) is 9. The lowest BCUT2D eigenvalue weighted by Crippen LogP contribution is -2.29. The van der Waals surface area contributed by atoms with Gasteiger partial charge in [-0.1, -0.05) is 31.3 Å². The largest absolute Gasteiger partial charge is 0.507 e. The molecule has 0 aliphatic carbocycles. The number of ether oxygens (including phenoxy) is 4. The van der Waals surface area contributed by atoms with Gasteiger partial charge in [0.25, 0.3) is 5.78 Å². The monoisotopic (exact) mass is 616 g/mol. The third-order valence-electron chi connectivity index (χ3n) is 7.21. The van der Waals surface area contributed by atoms with Crippen LogP contribution in [0, 0.1) is 5.92 Å². The molecule has 1 N–H and O–H groups in total. The minimum Gasteiger partial charge on any atom is -0.507 e. The molecule has 5 rings (SSSR count). The molecule has 0 bridgehead atoms. The fourth-order valence-electron chi connectivity index (χ4n) is 4.99. The Morgan fingerprint density at radius 2 is 1.66 bits per heavy atom. The van der Waals surface area contributed by atoms with E-state index in [0.29, 0.717) is 70.5 Å². The Bertz CT molecular complexity index is 1690. The number of benzene rings is 3. The minimum atomic E-state index is -0.979. The number of rotatable bonds is 12. The first-order valence-corrected chi connectivity index (χ1v) is 15.5. The van der Waals surface area contributed by atoms with E-state index in [1.807, 2.05) is 19.9 Å². The van der Waals surface area contributed by atoms with Crippen molar-refractivity contribution in [2.24, 2.45) is 5.92 Å². The lowest BCUT2D eigenvalue weighted by molar-refractivity contribution is -0.132. The highest BCUT2D eigenvalue weighted by atomic mass is 32.1. The zero-order valence-corrected chi connectivity index (χ0v) is 26.3. The molecule has 10 heteroatoms. The summed E-state index contributed by atoms with van der Waals surface area (Å²) < 4.78 is 23.7. The number of aliphatic hydroxyl groups excluding tert-OH is 1. The summed E-state index contributed by atoms with van der Waals surface area (Å²) in [6.45, 7) is 9.40. The number of nitrogens with zero attached hydrogens (tertiary/aromatic N) is 2. The smallest absolute Gasteiger partial charge is 0.301 e. The number of fused-ring (bicyclic) bond motifs is 1. The van der Waals surface area contributed by atoms with Gasteiger partial charge in [0.2, 0.25) is 0 Å². The van der Waals surface area contributed by atoms with Crippen LogP contribution in [0.15, 0.2) is 66.2 Å². The molecule has 1 aromatic heterocycles. The van der Waals surface area contributed by atoms with Gasteiger partial charge >= 0.3 is 5.91 Å². The molecule has 1 unspecified atom stereocenters. The third-order valence-corrected chi connectivity index (χ3v) is 8.23. The summed E-state index contributed by atoms with van der Waals surface area (Å²) in [5.41, 5.74) is 1.55. The number of carbonyl (C=O) groups excluding carboxylic acids is 2. The van der Waals surface area contributed by atoms with Crippen LogP contribution in [0.25, 0.3) is 16.0 Å². The van der Waals surface area contributed by atoms with E-state index < -0.39 is 17.7 Å². The van der Waals surface area contributed by atoms with Crippen LogP contribution in [-0.4, -0.2) is 48.7 Å². The van der Waals surface area contributed by atoms with Crippen molar-refractivity contribution in [3.05, 3.63) is 77.4 Å². The van der Waals surface area contributed by atoms with E-state index in [4.69, 9.17) is 23.9 Å². The standard InChI is InChI=1S/C34H36N2O7S/c1-6-41-23-11-8-21(9-12-23)31(37)29-30(22-10-15-26(27(18-22)42-7-2)43-17-16-20(3)4)36(33(39)32(29)38)34-35-25-14-13-24(40-5)19-28(25)44-34/h8-15,18-20,30,37H,6-7,16-17H2,1-5H3. The fraction of sp³-hybridized carbons (Fsp3) is 0.324. The number of aliphatic hydroxyl groups is 1. The summed E-state index contributed by atoms with van der Waals surface area (Å²) in [6.07, 6.45) is 0.873. The van der Waals surface area contributed by atoms with Crippen molar-refractivity contribution in [1.82, 2.24) is 4.98 Å². The second kappa shape index (κ2) is 13.4. The van der Waals surface area contributed by atoms with E-state index in [0.717, 1.165) is 11.1 Å². The molecule has 0 radical (unpaired) electrons. The highest BCUT2D eigenvalue weighted by Gasteiger charge is 2.48. The summed E-state index contributed by atoms with van der Waals surface area (Å²) in [7, 11) is 1.58. The predicted molar refractivity (Wildman–Crippen MR) is 171 cm³/mol. The molecule has 1 aliphatic rings. The van der Waals surface area contributed by atoms with Crippen LogP contribution < -0.4 is 23.8 Å². The molecule has 44 heavy (non-hydrogen) atoms. The molecule has 0 spiro atoms. The van der Waals surface area contributed by atoms with E-state index in [2.05, 4.69) is 13.8 Å². The highest BCUT2D eigenvalue weighted by Crippen LogP contribution is 2.46. The van der Waals surface area contributed by atoms with E-state index in [1.165, 1.54) is 16.2 Å². The maximum absolute atomic E-state index is 13.8. The Morgan fingerprint density at radius 1 is 0.932 bits per heavy atom. The van der Waals surface area contributed by atoms with Crippen LogP contribution in [-0.2, 0) is 9.59 Å². The van der Waals surface area contributed by atoms with Crippen molar-refractivity contribution in [2.45, 2.75) is 40.2 Å². The predicted octanol–water partition coefficient (Wildman–Crippen LogP) is 7.15. The lowest BCUT2D eigenvalue weighted by Gasteiger charge is -2.24. The lowest BCUT2D eigenvalue weighted by atomic mass is 9.95. The summed E-state index contributed by atoms with van der Waals surface area (Å²) in [6, 6.07) is 16.5. The van der Waals surface area contributed by atoms with Gasteiger partial charge in [0.1, 0.15) is 17.3 Å². The third kappa shape index (κ3) is 6.21. The minimum absolute atomic E-state index is 0.0491. The van der Waals surface area contributed by atoms with Crippen molar-refractivity contribution >= 4 is 44.1 Å². The zero-order valence-electron chi connectivity index (χ0n) is 25.5. The van der Waals surface area contributed by atoms with Gasteiger partial charge < -0.3 is 24.1 Å². The number of hydrogen-bond donors (Lipinski definition) is 1. The maximum Gasteiger partial charge on any atom is 0.301 e. The molecule has 4 aromatic rings. The van der Waals surface area contributed by atoms with E-state index in [-0.39, 0.29) is 11.3 Å². The molecule has 230 valence electrons. The number of carbonyl (C=O) groups is 2. The van der Waals surface area contributed by atoms with Crippen molar-refractivity contribution < 1.29 is 33.6 Å². The van der Waals surface area contributed by atoms with Gasteiger partial charge in [0.15, 0.2) is 16.6 Å². The van der Waals surface area contributed by atoms with Gasteiger partial charge in [-0.25, -0.2) is 4.98 Å². The van der Waals surface area contributed by atoms with Crippen LogP contribution in [0.3, 0.4) is 0 Å². The zero-order chi connectivity index (χ0) is 31.4. The second-order valence-corrected chi connectivity index (χ2v) is 11.6. The second-order valence-electron chi connectivity index (χ2n) is 10.6. The number of Topliss-reactive ketones (excluding diaryl/α,β-unsaturated/α-hetero) is 1. The molecule has 1 fully saturated rings. The van der Waals surface area contributed by atoms with Crippen molar-refractivity contribution in [3.8, 4) is 23.0 Å². The topological polar surface area (TPSA) is 107 Å². The molecule has 1 aliphatic heterocycles. The number of methoxy groups -OCH3 is 1. The van der Waals surface area contributed by atoms with Gasteiger partial charge in [0, 0.05) is 5.56 Å². The molecular formula is C34H36N2O7S. The van der Waals surface area contributed by atoms with E-state index in [9.17, 15) is 14.7 Å². The molecule has 9 nitrogen and oxygen atoms in total. The number of ketones is 1. The van der Waals surface area contributed by atoms with E-state index >= 15 is 0 Å². The van der Waals surface area contributed by atoms with Crippen molar-refractivity contribution in [1.29, 1.82) is 0 Å². The van der Waals surface area contributed by atoms with Crippen LogP contribution in [0.2, 0.25) is 0 Å². The fourth-order valence-corrected chi connectivity index (χ4v) is 6.01. The first kappa shape index (κ1) is 30.9. The average molecular weight is 617 g/mol. The number of amides is 1. The molecule has 2 heterocycles. The summed E-state index contributed by atoms with van der Waals surface area (Å²) in [5, 5.41) is 11.9. The Labute approximate surface area is 260 Å². The van der Waals surface area contributed by atoms with Gasteiger partial charge in [-0.2, -0.15) is 0 Å². The summed E-state index contributed by atoms with van der Waals surface area (Å²) in [5.74, 6) is 0.896. The Morgan fingerprint density at radius 3 is 2.34 bits per heavy atom. The van der Waals surface area contributed by atoms with Gasteiger partial charge in [-0.05, 0) is 86.3 Å². The number of aromatic nitrogens is 1. The van der Waals surface area contributed by atoms with Gasteiger partial charge in [-0.3, -0.25) is 14.5 Å². The van der Waals surface area contributed by atoms with Crippen LogP contribution in [0.5, 0.6) is 23.0 Å². The SMILES string of the molecule is CCOc1ccc(C(O)=C2C(=O)C(=O)N(c3nc4ccc(OC)cc4s3)C2c2ccc(OCCC(C)C)c(OCC)c2)cc1. The number of anilines is 1. The van der Waals surface area contributed by atoms with Crippen molar-refractivity contribution in [2.75, 3.05) is 31.8 Å². The molecular weight excluding hydrogens is 580 g/mol. The molecule has 0 saturated carbocycles.